The van der Waals surface area contributed by atoms with Gasteiger partial charge in [-0.1, -0.05) is 6.07 Å². The van der Waals surface area contributed by atoms with E-state index < -0.39 is 9.84 Å². The number of nitrogens with zero attached hydrogens (tertiary/aromatic N) is 4. The van der Waals surface area contributed by atoms with E-state index in [1.165, 1.54) is 12.6 Å². The molecule has 3 rings (SSSR count). The molecule has 0 spiro atoms. The highest BCUT2D eigenvalue weighted by Gasteiger charge is 2.15. The fourth-order valence-corrected chi connectivity index (χ4v) is 2.73. The molecule has 0 aliphatic heterocycles. The number of imidazole rings is 1. The van der Waals surface area contributed by atoms with Gasteiger partial charge in [-0.15, -0.1) is 0 Å². The zero-order chi connectivity index (χ0) is 13.5. The molecule has 0 saturated carbocycles. The molecular formula is C11H11N5O2S. The molecule has 0 aliphatic rings. The molecule has 0 atom stereocenters. The summed E-state index contributed by atoms with van der Waals surface area (Å²) < 4.78 is 25.0. The van der Waals surface area contributed by atoms with Crippen LogP contribution in [0.25, 0.3) is 11.0 Å². The van der Waals surface area contributed by atoms with Crippen molar-refractivity contribution in [2.24, 2.45) is 0 Å². The Labute approximate surface area is 109 Å². The van der Waals surface area contributed by atoms with Crippen LogP contribution in [0.5, 0.6) is 0 Å². The van der Waals surface area contributed by atoms with Crippen molar-refractivity contribution < 1.29 is 8.42 Å². The van der Waals surface area contributed by atoms with E-state index in [1.807, 2.05) is 0 Å². The first-order valence-corrected chi connectivity index (χ1v) is 7.43. The van der Waals surface area contributed by atoms with Gasteiger partial charge in [0.25, 0.3) is 0 Å². The third-order valence-corrected chi connectivity index (χ3v) is 3.83. The van der Waals surface area contributed by atoms with Crippen molar-refractivity contribution in [3.8, 4) is 0 Å². The zero-order valence-corrected chi connectivity index (χ0v) is 10.9. The number of rotatable bonds is 3. The van der Waals surface area contributed by atoms with Crippen molar-refractivity contribution in [1.82, 2.24) is 24.7 Å². The molecule has 0 aliphatic carbocycles. The molecule has 8 heteroatoms. The van der Waals surface area contributed by atoms with Crippen LogP contribution in [-0.2, 0) is 16.4 Å². The molecule has 0 fully saturated rings. The summed E-state index contributed by atoms with van der Waals surface area (Å²) in [4.78, 5) is 11.5. The Morgan fingerprint density at radius 2 is 2.21 bits per heavy atom. The van der Waals surface area contributed by atoms with Gasteiger partial charge in [-0.05, 0) is 12.1 Å². The molecule has 0 saturated heterocycles. The van der Waals surface area contributed by atoms with E-state index >= 15 is 0 Å². The van der Waals surface area contributed by atoms with Crippen LogP contribution in [0.15, 0.2) is 35.7 Å². The summed E-state index contributed by atoms with van der Waals surface area (Å²) in [7, 11) is -3.30. The van der Waals surface area contributed by atoms with Crippen LogP contribution in [0, 0.1) is 0 Å². The molecule has 0 amide bonds. The van der Waals surface area contributed by atoms with Crippen molar-refractivity contribution in [2.45, 2.75) is 11.4 Å². The largest absolute Gasteiger partial charge is 0.340 e. The summed E-state index contributed by atoms with van der Waals surface area (Å²) in [5.74, 6) is 0.636. The van der Waals surface area contributed by atoms with Crippen LogP contribution in [0.2, 0.25) is 0 Å². The SMILES string of the molecule is CS(=O)(=O)c1cccc2[nH]c(Cn3cncn3)nc12. The quantitative estimate of drug-likeness (QED) is 0.757. The number of nitrogens with one attached hydrogen (secondary N) is 1. The number of hydrogen-bond donors (Lipinski definition) is 1. The predicted molar refractivity (Wildman–Crippen MR) is 68.3 cm³/mol. The molecule has 0 bridgehead atoms. The first-order valence-electron chi connectivity index (χ1n) is 5.54. The van der Waals surface area contributed by atoms with Gasteiger partial charge in [0, 0.05) is 6.26 Å². The van der Waals surface area contributed by atoms with E-state index in [0.29, 0.717) is 23.4 Å². The van der Waals surface area contributed by atoms with Crippen molar-refractivity contribution in [3.05, 3.63) is 36.7 Å². The number of para-hydroxylation sites is 1. The molecule has 0 radical (unpaired) electrons. The fourth-order valence-electron chi connectivity index (χ4n) is 1.90. The Bertz CT molecular complexity index is 820. The lowest BCUT2D eigenvalue weighted by atomic mass is 10.3. The summed E-state index contributed by atoms with van der Waals surface area (Å²) >= 11 is 0. The average molecular weight is 277 g/mol. The minimum absolute atomic E-state index is 0.228. The van der Waals surface area contributed by atoms with Crippen LogP contribution in [-0.4, -0.2) is 39.4 Å². The highest BCUT2D eigenvalue weighted by Crippen LogP contribution is 2.21. The number of hydrogen-bond acceptors (Lipinski definition) is 5. The zero-order valence-electron chi connectivity index (χ0n) is 10.1. The third kappa shape index (κ3) is 2.22. The Balaban J connectivity index is 2.11. The van der Waals surface area contributed by atoms with Gasteiger partial charge in [0.05, 0.1) is 10.4 Å². The molecular weight excluding hydrogens is 266 g/mol. The summed E-state index contributed by atoms with van der Waals surface area (Å²) in [5, 5.41) is 3.98. The van der Waals surface area contributed by atoms with Gasteiger partial charge in [-0.2, -0.15) is 5.10 Å². The van der Waals surface area contributed by atoms with Crippen LogP contribution in [0.1, 0.15) is 5.82 Å². The summed E-state index contributed by atoms with van der Waals surface area (Å²) in [6.07, 6.45) is 4.18. The van der Waals surface area contributed by atoms with Gasteiger partial charge in [0.1, 0.15) is 30.5 Å². The molecule has 98 valence electrons. The van der Waals surface area contributed by atoms with Crippen molar-refractivity contribution in [3.63, 3.8) is 0 Å². The Hall–Kier alpha value is -2.22. The Morgan fingerprint density at radius 1 is 1.37 bits per heavy atom. The van der Waals surface area contributed by atoms with E-state index in [1.54, 1.807) is 29.2 Å². The topological polar surface area (TPSA) is 93.5 Å². The number of benzene rings is 1. The number of H-pyrrole nitrogens is 1. The highest BCUT2D eigenvalue weighted by molar-refractivity contribution is 7.91. The van der Waals surface area contributed by atoms with E-state index in [0.717, 1.165) is 0 Å². The standard InChI is InChI=1S/C11H11N5O2S/c1-19(17,18)9-4-2-3-8-11(9)15-10(14-8)5-16-7-12-6-13-16/h2-4,6-7H,5H2,1H3,(H,14,15). The minimum Gasteiger partial charge on any atom is -0.340 e. The molecule has 2 heterocycles. The molecule has 0 unspecified atom stereocenters. The van der Waals surface area contributed by atoms with Gasteiger partial charge in [0.2, 0.25) is 0 Å². The first-order chi connectivity index (χ1) is 9.04. The molecule has 1 aromatic carbocycles. The second-order valence-electron chi connectivity index (χ2n) is 4.20. The van der Waals surface area contributed by atoms with Crippen LogP contribution < -0.4 is 0 Å². The van der Waals surface area contributed by atoms with Gasteiger partial charge in [0.15, 0.2) is 9.84 Å². The number of sulfone groups is 1. The molecule has 1 N–H and O–H groups in total. The molecule has 7 nitrogen and oxygen atoms in total. The fraction of sp³-hybridized carbons (Fsp3) is 0.182. The normalized spacial score (nSPS) is 12.1. The van der Waals surface area contributed by atoms with Gasteiger partial charge >= 0.3 is 0 Å². The predicted octanol–water partition coefficient (Wildman–Crippen LogP) is 0.606. The number of aromatic amines is 1. The van der Waals surface area contributed by atoms with Crippen LogP contribution in [0.4, 0.5) is 0 Å². The minimum atomic E-state index is -3.30. The van der Waals surface area contributed by atoms with Crippen LogP contribution >= 0.6 is 0 Å². The second-order valence-corrected chi connectivity index (χ2v) is 6.19. The Kier molecular flexibility index (Phi) is 2.59. The van der Waals surface area contributed by atoms with Crippen LogP contribution in [0.3, 0.4) is 0 Å². The third-order valence-electron chi connectivity index (χ3n) is 2.70. The average Bonchev–Trinajstić information content (AvgIpc) is 2.95. The maximum absolute atomic E-state index is 11.7. The Morgan fingerprint density at radius 3 is 2.89 bits per heavy atom. The smallest absolute Gasteiger partial charge is 0.177 e. The molecule has 2 aromatic heterocycles. The molecule has 3 aromatic rings. The lowest BCUT2D eigenvalue weighted by molar-refractivity contribution is 0.602. The summed E-state index contributed by atoms with van der Waals surface area (Å²) in [5.41, 5.74) is 1.15. The maximum atomic E-state index is 11.7. The number of aromatic nitrogens is 5. The second kappa shape index (κ2) is 4.16. The van der Waals surface area contributed by atoms with E-state index in [4.69, 9.17) is 0 Å². The highest BCUT2D eigenvalue weighted by atomic mass is 32.2. The lowest BCUT2D eigenvalue weighted by Gasteiger charge is -1.97. The van der Waals surface area contributed by atoms with E-state index in [-0.39, 0.29) is 4.90 Å². The summed E-state index contributed by atoms with van der Waals surface area (Å²) in [6.45, 7) is 0.415. The summed E-state index contributed by atoms with van der Waals surface area (Å²) in [6, 6.07) is 5.04. The maximum Gasteiger partial charge on any atom is 0.177 e. The van der Waals surface area contributed by atoms with Crippen molar-refractivity contribution >= 4 is 20.9 Å². The lowest BCUT2D eigenvalue weighted by Crippen LogP contribution is -2.01. The monoisotopic (exact) mass is 277 g/mol. The van der Waals surface area contributed by atoms with Gasteiger partial charge in [-0.25, -0.2) is 23.1 Å². The first kappa shape index (κ1) is 11.8. The number of fused-ring (bicyclic) bond motifs is 1. The molecule has 19 heavy (non-hydrogen) atoms. The van der Waals surface area contributed by atoms with Gasteiger partial charge < -0.3 is 4.98 Å². The van der Waals surface area contributed by atoms with E-state index in [9.17, 15) is 8.42 Å². The van der Waals surface area contributed by atoms with E-state index in [2.05, 4.69) is 20.1 Å². The van der Waals surface area contributed by atoms with Crippen molar-refractivity contribution in [1.29, 1.82) is 0 Å². The van der Waals surface area contributed by atoms with Gasteiger partial charge in [-0.3, -0.25) is 0 Å². The van der Waals surface area contributed by atoms with Crippen molar-refractivity contribution in [2.75, 3.05) is 6.26 Å².